The lowest BCUT2D eigenvalue weighted by Crippen LogP contribution is -2.41. The van der Waals surface area contributed by atoms with Gasteiger partial charge in [0, 0.05) is 31.7 Å². The zero-order valence-electron chi connectivity index (χ0n) is 15.7. The second-order valence-corrected chi connectivity index (χ2v) is 8.49. The molecule has 146 valence electrons. The molecule has 0 unspecified atom stereocenters. The molecule has 0 aliphatic carbocycles. The molecule has 7 nitrogen and oxygen atoms in total. The normalized spacial score (nSPS) is 12.7. The molecule has 0 aliphatic heterocycles. The molecule has 1 aromatic heterocycles. The molecule has 0 radical (unpaired) electrons. The quantitative estimate of drug-likeness (QED) is 0.661. The summed E-state index contributed by atoms with van der Waals surface area (Å²) in [6.45, 7) is 0.296. The lowest BCUT2D eigenvalue weighted by Gasteiger charge is -2.25. The second-order valence-electron chi connectivity index (χ2n) is 6.45. The number of nitrogens with one attached hydrogen (secondary N) is 1. The van der Waals surface area contributed by atoms with Crippen LogP contribution in [0, 0.1) is 0 Å². The van der Waals surface area contributed by atoms with Crippen molar-refractivity contribution in [3.63, 3.8) is 0 Å². The van der Waals surface area contributed by atoms with Gasteiger partial charge in [-0.1, -0.05) is 42.5 Å². The monoisotopic (exact) mass is 398 g/mol. The van der Waals surface area contributed by atoms with E-state index < -0.39 is 16.1 Å². The molecule has 28 heavy (non-hydrogen) atoms. The molecule has 0 saturated heterocycles. The maximum atomic E-state index is 12.8. The average Bonchev–Trinajstić information content (AvgIpc) is 3.22. The fourth-order valence-electron chi connectivity index (χ4n) is 2.84. The molecular formula is C20H22N4O3S. The van der Waals surface area contributed by atoms with E-state index in [4.69, 9.17) is 0 Å². The first kappa shape index (κ1) is 19.8. The largest absolute Gasteiger partial charge is 0.350 e. The lowest BCUT2D eigenvalue weighted by atomic mass is 10.1. The van der Waals surface area contributed by atoms with E-state index in [1.54, 1.807) is 36.8 Å². The number of likely N-dealkylation sites (N-methyl/N-ethyl adjacent to an activating group) is 1. The van der Waals surface area contributed by atoms with Crippen molar-refractivity contribution >= 4 is 15.9 Å². The number of sulfonamides is 1. The van der Waals surface area contributed by atoms with E-state index in [2.05, 4.69) is 10.3 Å². The highest BCUT2D eigenvalue weighted by molar-refractivity contribution is 7.88. The van der Waals surface area contributed by atoms with Crippen molar-refractivity contribution in [2.24, 2.45) is 0 Å². The molecule has 3 aromatic rings. The summed E-state index contributed by atoms with van der Waals surface area (Å²) in [4.78, 5) is 16.8. The minimum absolute atomic E-state index is 0.296. The van der Waals surface area contributed by atoms with Gasteiger partial charge in [-0.15, -0.1) is 0 Å². The number of carbonyl (C=O) groups is 1. The summed E-state index contributed by atoms with van der Waals surface area (Å²) in [5, 5.41) is 2.84. The summed E-state index contributed by atoms with van der Waals surface area (Å²) in [7, 11) is -2.14. The van der Waals surface area contributed by atoms with Crippen LogP contribution in [-0.2, 0) is 21.4 Å². The summed E-state index contributed by atoms with van der Waals surface area (Å²) >= 11 is 0. The summed E-state index contributed by atoms with van der Waals surface area (Å²) in [5.41, 5.74) is 2.49. The van der Waals surface area contributed by atoms with Gasteiger partial charge in [-0.2, -0.15) is 4.31 Å². The van der Waals surface area contributed by atoms with E-state index in [1.807, 2.05) is 41.1 Å². The standard InChI is InChI=1S/C20H22N4O3S/c1-23(28(2,26)27)19(17-6-4-3-5-7-17)20(25)22-14-16-8-10-18(11-9-16)24-13-12-21-15-24/h3-13,15,19H,14H2,1-2H3,(H,22,25)/t19-/m1/s1. The highest BCUT2D eigenvalue weighted by Crippen LogP contribution is 2.22. The van der Waals surface area contributed by atoms with Gasteiger partial charge in [0.05, 0.1) is 12.6 Å². The SMILES string of the molecule is CN([C@@H](C(=O)NCc1ccc(-n2ccnc2)cc1)c1ccccc1)S(C)(=O)=O. The third kappa shape index (κ3) is 4.65. The first-order valence-electron chi connectivity index (χ1n) is 8.69. The Morgan fingerprint density at radius 1 is 1.14 bits per heavy atom. The molecule has 1 atom stereocenters. The minimum atomic E-state index is -3.55. The van der Waals surface area contributed by atoms with Crippen LogP contribution in [0.4, 0.5) is 0 Å². The van der Waals surface area contributed by atoms with Crippen LogP contribution >= 0.6 is 0 Å². The Kier molecular flexibility index (Phi) is 5.91. The Bertz CT molecular complexity index is 1020. The van der Waals surface area contributed by atoms with Crippen LogP contribution in [0.1, 0.15) is 17.2 Å². The van der Waals surface area contributed by atoms with Crippen LogP contribution in [0.2, 0.25) is 0 Å². The molecule has 0 bridgehead atoms. The topological polar surface area (TPSA) is 84.3 Å². The number of carbonyl (C=O) groups excluding carboxylic acids is 1. The van der Waals surface area contributed by atoms with Crippen LogP contribution in [0.15, 0.2) is 73.3 Å². The van der Waals surface area contributed by atoms with Gasteiger partial charge in [-0.3, -0.25) is 4.79 Å². The van der Waals surface area contributed by atoms with E-state index >= 15 is 0 Å². The number of aromatic nitrogens is 2. The molecule has 1 N–H and O–H groups in total. The number of amides is 1. The molecule has 1 amide bonds. The molecule has 2 aromatic carbocycles. The van der Waals surface area contributed by atoms with Crippen LogP contribution in [0.3, 0.4) is 0 Å². The van der Waals surface area contributed by atoms with Crippen molar-refractivity contribution in [1.82, 2.24) is 19.2 Å². The van der Waals surface area contributed by atoms with Gasteiger partial charge >= 0.3 is 0 Å². The molecule has 3 rings (SSSR count). The summed E-state index contributed by atoms with van der Waals surface area (Å²) in [5.74, 6) is -0.377. The highest BCUT2D eigenvalue weighted by Gasteiger charge is 2.30. The second kappa shape index (κ2) is 8.37. The van der Waals surface area contributed by atoms with Crippen LogP contribution in [0.5, 0.6) is 0 Å². The Morgan fingerprint density at radius 2 is 1.82 bits per heavy atom. The van der Waals surface area contributed by atoms with Gasteiger partial charge in [-0.25, -0.2) is 13.4 Å². The first-order chi connectivity index (χ1) is 13.4. The zero-order valence-corrected chi connectivity index (χ0v) is 16.5. The van der Waals surface area contributed by atoms with Crippen molar-refractivity contribution in [1.29, 1.82) is 0 Å². The van der Waals surface area contributed by atoms with Gasteiger partial charge in [0.2, 0.25) is 15.9 Å². The Labute approximate surface area is 164 Å². The van der Waals surface area contributed by atoms with Gasteiger partial charge < -0.3 is 9.88 Å². The Morgan fingerprint density at radius 3 is 2.39 bits per heavy atom. The van der Waals surface area contributed by atoms with E-state index in [0.717, 1.165) is 21.8 Å². The summed E-state index contributed by atoms with van der Waals surface area (Å²) < 4.78 is 27.0. The van der Waals surface area contributed by atoms with Gasteiger partial charge in [0.15, 0.2) is 0 Å². The van der Waals surface area contributed by atoms with Crippen LogP contribution < -0.4 is 5.32 Å². The van der Waals surface area contributed by atoms with Gasteiger partial charge in [0.1, 0.15) is 6.04 Å². The lowest BCUT2D eigenvalue weighted by molar-refractivity contribution is -0.124. The number of hydrogen-bond donors (Lipinski definition) is 1. The fraction of sp³-hybridized carbons (Fsp3) is 0.200. The molecular weight excluding hydrogens is 376 g/mol. The minimum Gasteiger partial charge on any atom is -0.350 e. The zero-order chi connectivity index (χ0) is 20.1. The number of imidazole rings is 1. The smallest absolute Gasteiger partial charge is 0.243 e. The van der Waals surface area contributed by atoms with E-state index in [9.17, 15) is 13.2 Å². The maximum absolute atomic E-state index is 12.8. The van der Waals surface area contributed by atoms with Gasteiger partial charge in [0.25, 0.3) is 0 Å². The fourth-order valence-corrected chi connectivity index (χ4v) is 3.44. The summed E-state index contributed by atoms with van der Waals surface area (Å²) in [6, 6.07) is 15.6. The van der Waals surface area contributed by atoms with E-state index in [-0.39, 0.29) is 5.91 Å². The van der Waals surface area contributed by atoms with Crippen molar-refractivity contribution in [3.8, 4) is 5.69 Å². The average molecular weight is 398 g/mol. The summed E-state index contributed by atoms with van der Waals surface area (Å²) in [6.07, 6.45) is 6.35. The molecule has 0 aliphatic rings. The number of hydrogen-bond acceptors (Lipinski definition) is 4. The molecule has 1 heterocycles. The number of rotatable bonds is 7. The first-order valence-corrected chi connectivity index (χ1v) is 10.5. The van der Waals surface area contributed by atoms with E-state index in [0.29, 0.717) is 12.1 Å². The molecule has 0 spiro atoms. The Balaban J connectivity index is 1.73. The number of nitrogens with zero attached hydrogens (tertiary/aromatic N) is 3. The molecule has 0 saturated carbocycles. The predicted molar refractivity (Wildman–Crippen MR) is 107 cm³/mol. The van der Waals surface area contributed by atoms with Gasteiger partial charge in [-0.05, 0) is 23.3 Å². The third-order valence-corrected chi connectivity index (χ3v) is 5.71. The van der Waals surface area contributed by atoms with Crippen LogP contribution in [-0.4, -0.2) is 41.5 Å². The Hall–Kier alpha value is -2.97. The molecule has 8 heteroatoms. The van der Waals surface area contributed by atoms with Crippen LogP contribution in [0.25, 0.3) is 5.69 Å². The number of benzene rings is 2. The molecule has 0 fully saturated rings. The van der Waals surface area contributed by atoms with Crippen molar-refractivity contribution in [2.75, 3.05) is 13.3 Å². The van der Waals surface area contributed by atoms with Crippen molar-refractivity contribution < 1.29 is 13.2 Å². The van der Waals surface area contributed by atoms with Crippen molar-refractivity contribution in [2.45, 2.75) is 12.6 Å². The van der Waals surface area contributed by atoms with E-state index in [1.165, 1.54) is 7.05 Å². The highest BCUT2D eigenvalue weighted by atomic mass is 32.2. The predicted octanol–water partition coefficient (Wildman–Crippen LogP) is 2.12. The van der Waals surface area contributed by atoms with Crippen molar-refractivity contribution in [3.05, 3.63) is 84.4 Å². The maximum Gasteiger partial charge on any atom is 0.243 e. The third-order valence-electron chi connectivity index (χ3n) is 4.46.